The number of hydrogen-bond acceptors (Lipinski definition) is 2. The predicted molar refractivity (Wildman–Crippen MR) is 75.3 cm³/mol. The quantitative estimate of drug-likeness (QED) is 0.745. The van der Waals surface area contributed by atoms with E-state index in [0.717, 1.165) is 29.6 Å². The van der Waals surface area contributed by atoms with Crippen LogP contribution in [-0.4, -0.2) is 18.8 Å². The average Bonchev–Trinajstić information content (AvgIpc) is 2.29. The lowest BCUT2D eigenvalue weighted by Crippen LogP contribution is -2.16. The van der Waals surface area contributed by atoms with Crippen LogP contribution < -0.4 is 5.32 Å². The first-order valence-electron chi connectivity index (χ1n) is 5.42. The maximum atomic E-state index is 6.08. The minimum atomic E-state index is 0.854. The third kappa shape index (κ3) is 5.06. The molecular formula is C13H18ClNS. The first kappa shape index (κ1) is 13.6. The lowest BCUT2D eigenvalue weighted by Gasteiger charge is -2.07. The molecule has 0 radical (unpaired) electrons. The van der Waals surface area contributed by atoms with Crippen LogP contribution >= 0.6 is 23.4 Å². The van der Waals surface area contributed by atoms with E-state index in [9.17, 15) is 0 Å². The topological polar surface area (TPSA) is 12.0 Å². The fourth-order valence-corrected chi connectivity index (χ4v) is 2.52. The Kier molecular flexibility index (Phi) is 6.62. The van der Waals surface area contributed by atoms with E-state index in [0.29, 0.717) is 0 Å². The molecule has 0 saturated carbocycles. The number of rotatable bonds is 7. The molecule has 1 N–H and O–H groups in total. The van der Waals surface area contributed by atoms with Gasteiger partial charge < -0.3 is 5.32 Å². The first-order valence-corrected chi connectivity index (χ1v) is 6.95. The molecule has 0 aliphatic carbocycles. The zero-order valence-electron chi connectivity index (χ0n) is 9.63. The van der Waals surface area contributed by atoms with Gasteiger partial charge in [0.2, 0.25) is 0 Å². The molecule has 88 valence electrons. The Labute approximate surface area is 107 Å². The molecule has 0 spiro atoms. The van der Waals surface area contributed by atoms with E-state index in [1.54, 1.807) is 0 Å². The van der Waals surface area contributed by atoms with Crippen LogP contribution in [-0.2, 0) is 5.75 Å². The molecule has 0 heterocycles. The molecule has 0 unspecified atom stereocenters. The van der Waals surface area contributed by atoms with Gasteiger partial charge in [-0.1, -0.05) is 48.9 Å². The highest BCUT2D eigenvalue weighted by atomic mass is 35.5. The van der Waals surface area contributed by atoms with Crippen LogP contribution in [0.4, 0.5) is 0 Å². The number of nitrogens with one attached hydrogen (secondary N) is 1. The van der Waals surface area contributed by atoms with Crippen LogP contribution in [0.5, 0.6) is 0 Å². The Bertz CT molecular complexity index is 338. The molecule has 0 fully saturated rings. The van der Waals surface area contributed by atoms with Gasteiger partial charge in [0, 0.05) is 23.1 Å². The molecule has 0 aliphatic rings. The summed E-state index contributed by atoms with van der Waals surface area (Å²) in [5.41, 5.74) is 2.43. The van der Waals surface area contributed by atoms with Gasteiger partial charge in [0.05, 0.1) is 0 Å². The van der Waals surface area contributed by atoms with Crippen molar-refractivity contribution in [2.24, 2.45) is 0 Å². The van der Waals surface area contributed by atoms with Crippen molar-refractivity contribution in [1.29, 1.82) is 0 Å². The van der Waals surface area contributed by atoms with E-state index in [1.165, 1.54) is 11.1 Å². The first-order chi connectivity index (χ1) is 7.74. The molecule has 3 heteroatoms. The van der Waals surface area contributed by atoms with Gasteiger partial charge in [-0.05, 0) is 18.2 Å². The number of halogens is 1. The fraction of sp³-hybridized carbons (Fsp3) is 0.385. The van der Waals surface area contributed by atoms with Crippen molar-refractivity contribution >= 4 is 23.4 Å². The summed E-state index contributed by atoms with van der Waals surface area (Å²) >= 11 is 7.93. The summed E-state index contributed by atoms with van der Waals surface area (Å²) in [7, 11) is 0. The van der Waals surface area contributed by atoms with Gasteiger partial charge in [0.25, 0.3) is 0 Å². The number of benzene rings is 1. The van der Waals surface area contributed by atoms with E-state index in [1.807, 2.05) is 30.0 Å². The minimum Gasteiger partial charge on any atom is -0.313 e. The van der Waals surface area contributed by atoms with Gasteiger partial charge in [-0.3, -0.25) is 0 Å². The standard InChI is InChI=1S/C13H18ClNS/c1-3-15-8-11(2)9-16-10-12-6-4-5-7-13(12)14/h4-7,15H,2-3,8-10H2,1H3. The van der Waals surface area contributed by atoms with Gasteiger partial charge in [-0.25, -0.2) is 0 Å². The van der Waals surface area contributed by atoms with E-state index in [2.05, 4.69) is 24.9 Å². The lowest BCUT2D eigenvalue weighted by atomic mass is 10.2. The van der Waals surface area contributed by atoms with Gasteiger partial charge in [-0.15, -0.1) is 0 Å². The van der Waals surface area contributed by atoms with Crippen molar-refractivity contribution in [1.82, 2.24) is 5.32 Å². The van der Waals surface area contributed by atoms with Crippen molar-refractivity contribution in [2.45, 2.75) is 12.7 Å². The van der Waals surface area contributed by atoms with Crippen LogP contribution in [0.2, 0.25) is 5.02 Å². The number of hydrogen-bond donors (Lipinski definition) is 1. The molecule has 1 nitrogen and oxygen atoms in total. The highest BCUT2D eigenvalue weighted by Gasteiger charge is 2.00. The highest BCUT2D eigenvalue weighted by Crippen LogP contribution is 2.21. The Morgan fingerprint density at radius 1 is 1.44 bits per heavy atom. The SMILES string of the molecule is C=C(CNCC)CSCc1ccccc1Cl. The second-order valence-corrected chi connectivity index (χ2v) is 5.01. The molecular weight excluding hydrogens is 238 g/mol. The third-order valence-corrected chi connectivity index (χ3v) is 3.64. The molecule has 0 saturated heterocycles. The van der Waals surface area contributed by atoms with Crippen molar-refractivity contribution in [3.8, 4) is 0 Å². The molecule has 1 aromatic rings. The fourth-order valence-electron chi connectivity index (χ4n) is 1.27. The number of likely N-dealkylation sites (N-methyl/N-ethyl adjacent to an activating group) is 1. The maximum absolute atomic E-state index is 6.08. The molecule has 16 heavy (non-hydrogen) atoms. The second kappa shape index (κ2) is 7.77. The molecule has 1 rings (SSSR count). The molecule has 1 aromatic carbocycles. The van der Waals surface area contributed by atoms with E-state index in [4.69, 9.17) is 11.6 Å². The van der Waals surface area contributed by atoms with Crippen LogP contribution in [0, 0.1) is 0 Å². The van der Waals surface area contributed by atoms with Crippen LogP contribution in [0.25, 0.3) is 0 Å². The molecule has 0 aliphatic heterocycles. The van der Waals surface area contributed by atoms with E-state index < -0.39 is 0 Å². The van der Waals surface area contributed by atoms with E-state index >= 15 is 0 Å². The molecule has 0 atom stereocenters. The summed E-state index contributed by atoms with van der Waals surface area (Å²) in [6, 6.07) is 7.99. The monoisotopic (exact) mass is 255 g/mol. The second-order valence-electron chi connectivity index (χ2n) is 3.61. The summed E-state index contributed by atoms with van der Waals surface area (Å²) in [6.07, 6.45) is 0. The predicted octanol–water partition coefficient (Wildman–Crippen LogP) is 3.74. The lowest BCUT2D eigenvalue weighted by molar-refractivity contribution is 0.779. The zero-order valence-corrected chi connectivity index (χ0v) is 11.2. The Balaban J connectivity index is 2.25. The summed E-state index contributed by atoms with van der Waals surface area (Å²) < 4.78 is 0. The summed E-state index contributed by atoms with van der Waals surface area (Å²) in [5, 5.41) is 4.12. The van der Waals surface area contributed by atoms with Crippen LogP contribution in [0.15, 0.2) is 36.4 Å². The Hall–Kier alpha value is -0.440. The van der Waals surface area contributed by atoms with E-state index in [-0.39, 0.29) is 0 Å². The smallest absolute Gasteiger partial charge is 0.0446 e. The Morgan fingerprint density at radius 3 is 2.88 bits per heavy atom. The third-order valence-electron chi connectivity index (χ3n) is 2.15. The highest BCUT2D eigenvalue weighted by molar-refractivity contribution is 7.98. The van der Waals surface area contributed by atoms with Gasteiger partial charge >= 0.3 is 0 Å². The van der Waals surface area contributed by atoms with Crippen molar-refractivity contribution in [3.05, 3.63) is 47.0 Å². The van der Waals surface area contributed by atoms with Crippen molar-refractivity contribution < 1.29 is 0 Å². The zero-order chi connectivity index (χ0) is 11.8. The van der Waals surface area contributed by atoms with Gasteiger partial charge in [0.15, 0.2) is 0 Å². The summed E-state index contributed by atoms with van der Waals surface area (Å²) in [6.45, 7) is 8.03. The van der Waals surface area contributed by atoms with Crippen LogP contribution in [0.1, 0.15) is 12.5 Å². The largest absolute Gasteiger partial charge is 0.313 e. The normalized spacial score (nSPS) is 10.4. The number of thioether (sulfide) groups is 1. The van der Waals surface area contributed by atoms with Gasteiger partial charge in [0.1, 0.15) is 0 Å². The summed E-state index contributed by atoms with van der Waals surface area (Å²) in [4.78, 5) is 0. The summed E-state index contributed by atoms with van der Waals surface area (Å²) in [5.74, 6) is 1.93. The van der Waals surface area contributed by atoms with Crippen molar-refractivity contribution in [3.63, 3.8) is 0 Å². The van der Waals surface area contributed by atoms with Crippen molar-refractivity contribution in [2.75, 3.05) is 18.8 Å². The average molecular weight is 256 g/mol. The maximum Gasteiger partial charge on any atom is 0.0446 e. The molecule has 0 aromatic heterocycles. The molecule has 0 amide bonds. The molecule has 0 bridgehead atoms. The van der Waals surface area contributed by atoms with Crippen LogP contribution in [0.3, 0.4) is 0 Å². The van der Waals surface area contributed by atoms with Gasteiger partial charge in [-0.2, -0.15) is 11.8 Å². The Morgan fingerprint density at radius 2 is 2.19 bits per heavy atom. The minimum absolute atomic E-state index is 0.854.